The Morgan fingerprint density at radius 2 is 1.94 bits per heavy atom. The molecular formula is C11H8FN3O2. The van der Waals surface area contributed by atoms with Gasteiger partial charge in [-0.15, -0.1) is 0 Å². The Morgan fingerprint density at radius 1 is 1.35 bits per heavy atom. The lowest BCUT2D eigenvalue weighted by atomic mass is 10.1. The number of hydrogen-bond donors (Lipinski definition) is 1. The molecule has 0 fully saturated rings. The number of benzene rings is 1. The third-order valence-electron chi connectivity index (χ3n) is 2.00. The number of nitrogens with zero attached hydrogens (tertiary/aromatic N) is 3. The van der Waals surface area contributed by atoms with Crippen LogP contribution in [0.2, 0.25) is 0 Å². The van der Waals surface area contributed by atoms with Crippen LogP contribution < -0.4 is 0 Å². The van der Waals surface area contributed by atoms with E-state index < -0.39 is 17.5 Å². The van der Waals surface area contributed by atoms with Crippen molar-refractivity contribution in [3.8, 4) is 17.9 Å². The fourth-order valence-electron chi connectivity index (χ4n) is 1.22. The van der Waals surface area contributed by atoms with Gasteiger partial charge in [-0.2, -0.15) is 10.5 Å². The van der Waals surface area contributed by atoms with Gasteiger partial charge in [-0.25, -0.2) is 4.39 Å². The van der Waals surface area contributed by atoms with E-state index in [1.807, 2.05) is 0 Å². The molecule has 0 aliphatic carbocycles. The molecule has 6 heteroatoms. The first-order valence-corrected chi connectivity index (χ1v) is 4.62. The summed E-state index contributed by atoms with van der Waals surface area (Å²) in [6.07, 6.45) is 0. The van der Waals surface area contributed by atoms with E-state index in [-0.39, 0.29) is 18.7 Å². The van der Waals surface area contributed by atoms with Gasteiger partial charge < -0.3 is 10.0 Å². The van der Waals surface area contributed by atoms with E-state index in [0.717, 1.165) is 23.1 Å². The van der Waals surface area contributed by atoms with Crippen LogP contribution in [0.5, 0.6) is 5.75 Å². The molecule has 17 heavy (non-hydrogen) atoms. The van der Waals surface area contributed by atoms with Gasteiger partial charge in [0.2, 0.25) is 0 Å². The second-order valence-electron chi connectivity index (χ2n) is 3.14. The molecule has 1 rings (SSSR count). The van der Waals surface area contributed by atoms with Gasteiger partial charge in [-0.1, -0.05) is 0 Å². The number of carbonyl (C=O) groups is 1. The third-order valence-corrected chi connectivity index (χ3v) is 2.00. The number of nitriles is 2. The maximum atomic E-state index is 12.9. The zero-order chi connectivity index (χ0) is 12.8. The number of phenolic OH excluding ortho intramolecular Hbond substituents is 1. The highest BCUT2D eigenvalue weighted by molar-refractivity contribution is 5.97. The first-order chi connectivity index (χ1) is 8.10. The lowest BCUT2D eigenvalue weighted by Crippen LogP contribution is -2.31. The Labute approximate surface area is 96.9 Å². The summed E-state index contributed by atoms with van der Waals surface area (Å²) in [7, 11) is 0. The van der Waals surface area contributed by atoms with Crippen molar-refractivity contribution in [2.45, 2.75) is 0 Å². The van der Waals surface area contributed by atoms with E-state index in [1.54, 1.807) is 12.1 Å². The van der Waals surface area contributed by atoms with E-state index in [1.165, 1.54) is 0 Å². The van der Waals surface area contributed by atoms with Gasteiger partial charge in [0.15, 0.2) is 0 Å². The SMILES string of the molecule is N#CCN(CC#N)C(=O)c1cc(F)ccc1O. The van der Waals surface area contributed by atoms with Crippen molar-refractivity contribution in [2.24, 2.45) is 0 Å². The predicted molar refractivity (Wildman–Crippen MR) is 55.2 cm³/mol. The summed E-state index contributed by atoms with van der Waals surface area (Å²) in [6, 6.07) is 6.34. The van der Waals surface area contributed by atoms with E-state index >= 15 is 0 Å². The van der Waals surface area contributed by atoms with Crippen molar-refractivity contribution >= 4 is 5.91 Å². The summed E-state index contributed by atoms with van der Waals surface area (Å²) in [5, 5.41) is 26.4. The number of carbonyl (C=O) groups excluding carboxylic acids is 1. The van der Waals surface area contributed by atoms with Crippen LogP contribution in [0.15, 0.2) is 18.2 Å². The molecule has 86 valence electrons. The molecule has 5 nitrogen and oxygen atoms in total. The average molecular weight is 233 g/mol. The third kappa shape index (κ3) is 2.93. The molecule has 0 saturated heterocycles. The van der Waals surface area contributed by atoms with Crippen molar-refractivity contribution in [1.29, 1.82) is 10.5 Å². The van der Waals surface area contributed by atoms with Crippen LogP contribution in [0.1, 0.15) is 10.4 Å². The Kier molecular flexibility index (Phi) is 4.02. The topological polar surface area (TPSA) is 88.1 Å². The van der Waals surface area contributed by atoms with Gasteiger partial charge in [-0.05, 0) is 18.2 Å². The first-order valence-electron chi connectivity index (χ1n) is 4.62. The second kappa shape index (κ2) is 5.47. The van der Waals surface area contributed by atoms with Crippen LogP contribution in [0.25, 0.3) is 0 Å². The molecule has 0 aliphatic heterocycles. The van der Waals surface area contributed by atoms with Crippen molar-refractivity contribution in [3.05, 3.63) is 29.6 Å². The smallest absolute Gasteiger partial charge is 0.259 e. The minimum atomic E-state index is -0.759. The fraction of sp³-hybridized carbons (Fsp3) is 0.182. The van der Waals surface area contributed by atoms with Gasteiger partial charge in [0.25, 0.3) is 5.91 Å². The highest BCUT2D eigenvalue weighted by Gasteiger charge is 2.19. The quantitative estimate of drug-likeness (QED) is 0.789. The van der Waals surface area contributed by atoms with E-state index in [0.29, 0.717) is 0 Å². The van der Waals surface area contributed by atoms with Crippen LogP contribution in [0.4, 0.5) is 4.39 Å². The van der Waals surface area contributed by atoms with Gasteiger partial charge in [-0.3, -0.25) is 4.79 Å². The summed E-state index contributed by atoms with van der Waals surface area (Å²) in [4.78, 5) is 12.7. The molecule has 0 unspecified atom stereocenters. The van der Waals surface area contributed by atoms with Crippen molar-refractivity contribution in [1.82, 2.24) is 4.90 Å². The number of phenols is 1. The fourth-order valence-corrected chi connectivity index (χ4v) is 1.22. The zero-order valence-electron chi connectivity index (χ0n) is 8.72. The number of rotatable bonds is 3. The van der Waals surface area contributed by atoms with Crippen LogP contribution >= 0.6 is 0 Å². The molecule has 0 atom stereocenters. The molecule has 0 spiro atoms. The Bertz CT molecular complexity index is 500. The van der Waals surface area contributed by atoms with Crippen LogP contribution in [-0.2, 0) is 0 Å². The Balaban J connectivity index is 3.06. The minimum Gasteiger partial charge on any atom is -0.507 e. The normalized spacial score (nSPS) is 9.12. The largest absolute Gasteiger partial charge is 0.507 e. The lowest BCUT2D eigenvalue weighted by Gasteiger charge is -2.16. The number of aromatic hydroxyl groups is 1. The number of halogens is 1. The molecule has 0 aliphatic rings. The molecule has 1 N–H and O–H groups in total. The summed E-state index contributed by atoms with van der Waals surface area (Å²) < 4.78 is 12.9. The van der Waals surface area contributed by atoms with Crippen LogP contribution in [-0.4, -0.2) is 29.0 Å². The number of hydrogen-bond acceptors (Lipinski definition) is 4. The van der Waals surface area contributed by atoms with Gasteiger partial charge in [0, 0.05) is 0 Å². The summed E-state index contributed by atoms with van der Waals surface area (Å²) in [5.41, 5.74) is -0.268. The monoisotopic (exact) mass is 233 g/mol. The standard InChI is InChI=1S/C11H8FN3O2/c12-8-1-2-10(16)9(7-8)11(17)15(5-3-13)6-4-14/h1-2,7,16H,5-6H2. The summed E-state index contributed by atoms with van der Waals surface area (Å²) in [5.74, 6) is -1.83. The molecule has 1 amide bonds. The minimum absolute atomic E-state index is 0.268. The lowest BCUT2D eigenvalue weighted by molar-refractivity contribution is 0.0791. The Morgan fingerprint density at radius 3 is 2.47 bits per heavy atom. The van der Waals surface area contributed by atoms with Crippen LogP contribution in [0, 0.1) is 28.5 Å². The number of amides is 1. The average Bonchev–Trinajstić information content (AvgIpc) is 2.31. The summed E-state index contributed by atoms with van der Waals surface area (Å²) >= 11 is 0. The van der Waals surface area contributed by atoms with E-state index in [4.69, 9.17) is 10.5 Å². The van der Waals surface area contributed by atoms with E-state index in [2.05, 4.69) is 0 Å². The van der Waals surface area contributed by atoms with Gasteiger partial charge >= 0.3 is 0 Å². The summed E-state index contributed by atoms with van der Waals surface area (Å²) in [6.45, 7) is -0.606. The van der Waals surface area contributed by atoms with Crippen molar-refractivity contribution < 1.29 is 14.3 Å². The van der Waals surface area contributed by atoms with Crippen LogP contribution in [0.3, 0.4) is 0 Å². The molecule has 1 aromatic carbocycles. The molecule has 0 heterocycles. The second-order valence-corrected chi connectivity index (χ2v) is 3.14. The van der Waals surface area contributed by atoms with Crippen molar-refractivity contribution in [3.63, 3.8) is 0 Å². The maximum Gasteiger partial charge on any atom is 0.259 e. The van der Waals surface area contributed by atoms with Gasteiger partial charge in [0.1, 0.15) is 24.7 Å². The highest BCUT2D eigenvalue weighted by Crippen LogP contribution is 2.19. The zero-order valence-corrected chi connectivity index (χ0v) is 8.72. The molecule has 0 radical (unpaired) electrons. The molecule has 0 saturated carbocycles. The predicted octanol–water partition coefficient (Wildman–Crippen LogP) is 1.02. The highest BCUT2D eigenvalue weighted by atomic mass is 19.1. The first kappa shape index (κ1) is 12.5. The Hall–Kier alpha value is -2.60. The maximum absolute atomic E-state index is 12.9. The van der Waals surface area contributed by atoms with Gasteiger partial charge in [0.05, 0.1) is 17.7 Å². The van der Waals surface area contributed by atoms with Crippen molar-refractivity contribution in [2.75, 3.05) is 13.1 Å². The molecular weight excluding hydrogens is 225 g/mol. The molecule has 0 aromatic heterocycles. The van der Waals surface area contributed by atoms with E-state index in [9.17, 15) is 14.3 Å². The molecule has 1 aromatic rings. The molecule has 0 bridgehead atoms.